The van der Waals surface area contributed by atoms with Gasteiger partial charge in [0, 0.05) is 0 Å². The molecular formula is C8H7BrO3. The van der Waals surface area contributed by atoms with E-state index in [1.165, 1.54) is 6.07 Å². The highest BCUT2D eigenvalue weighted by atomic mass is 79.9. The molecule has 0 bridgehead atoms. The predicted molar refractivity (Wildman–Crippen MR) is 47.1 cm³/mol. The molecule has 1 rings (SSSR count). The molecule has 3 nitrogen and oxygen atoms in total. The first-order chi connectivity index (χ1) is 5.59. The van der Waals surface area contributed by atoms with E-state index in [9.17, 15) is 4.79 Å². The van der Waals surface area contributed by atoms with Gasteiger partial charge in [-0.1, -0.05) is 6.07 Å². The van der Waals surface area contributed by atoms with Gasteiger partial charge < -0.3 is 10.2 Å². The second-order valence-electron chi connectivity index (χ2n) is 2.36. The highest BCUT2D eigenvalue weighted by Crippen LogP contribution is 2.24. The zero-order valence-electron chi connectivity index (χ0n) is 6.12. The Morgan fingerprint density at radius 2 is 2.17 bits per heavy atom. The Hall–Kier alpha value is -1.03. The van der Waals surface area contributed by atoms with E-state index in [2.05, 4.69) is 15.9 Å². The lowest BCUT2D eigenvalue weighted by Crippen LogP contribution is -1.99. The Morgan fingerprint density at radius 3 is 2.67 bits per heavy atom. The molecule has 0 heterocycles. The summed E-state index contributed by atoms with van der Waals surface area (Å²) < 4.78 is 0.515. The van der Waals surface area contributed by atoms with E-state index in [0.29, 0.717) is 10.0 Å². The van der Waals surface area contributed by atoms with Gasteiger partial charge in [0.25, 0.3) is 0 Å². The minimum absolute atomic E-state index is 0.0289. The number of aromatic hydroxyl groups is 1. The summed E-state index contributed by atoms with van der Waals surface area (Å²) in [7, 11) is 0. The molecule has 0 aromatic heterocycles. The molecule has 0 radical (unpaired) electrons. The van der Waals surface area contributed by atoms with Crippen LogP contribution in [0.5, 0.6) is 5.75 Å². The smallest absolute Gasteiger partial charge is 0.307 e. The predicted octanol–water partition coefficient (Wildman–Crippen LogP) is 1.78. The van der Waals surface area contributed by atoms with Crippen LogP contribution >= 0.6 is 15.9 Å². The summed E-state index contributed by atoms with van der Waals surface area (Å²) >= 11 is 3.09. The second-order valence-corrected chi connectivity index (χ2v) is 3.21. The van der Waals surface area contributed by atoms with Crippen molar-refractivity contribution < 1.29 is 15.0 Å². The maximum absolute atomic E-state index is 10.3. The van der Waals surface area contributed by atoms with Gasteiger partial charge >= 0.3 is 5.97 Å². The van der Waals surface area contributed by atoms with Crippen molar-refractivity contribution in [2.24, 2.45) is 0 Å². The van der Waals surface area contributed by atoms with Gasteiger partial charge in [0.1, 0.15) is 5.75 Å². The van der Waals surface area contributed by atoms with Gasteiger partial charge in [-0.05, 0) is 33.6 Å². The summed E-state index contributed by atoms with van der Waals surface area (Å²) in [6.07, 6.45) is -0.0289. The van der Waals surface area contributed by atoms with Crippen molar-refractivity contribution in [3.05, 3.63) is 28.2 Å². The molecule has 1 aromatic rings. The quantitative estimate of drug-likeness (QED) is 0.815. The average Bonchev–Trinajstić information content (AvgIpc) is 1.96. The molecular weight excluding hydrogens is 224 g/mol. The van der Waals surface area contributed by atoms with Crippen LogP contribution in [0.15, 0.2) is 22.7 Å². The Kier molecular flexibility index (Phi) is 2.70. The number of hydrogen-bond donors (Lipinski definition) is 2. The van der Waals surface area contributed by atoms with E-state index in [0.717, 1.165) is 0 Å². The van der Waals surface area contributed by atoms with Crippen LogP contribution in [0, 0.1) is 0 Å². The first-order valence-electron chi connectivity index (χ1n) is 3.29. The second kappa shape index (κ2) is 3.58. The highest BCUT2D eigenvalue weighted by molar-refractivity contribution is 9.10. The van der Waals surface area contributed by atoms with Crippen molar-refractivity contribution >= 4 is 21.9 Å². The molecule has 0 saturated heterocycles. The summed E-state index contributed by atoms with van der Waals surface area (Å²) in [5, 5.41) is 17.5. The van der Waals surface area contributed by atoms with Crippen LogP contribution < -0.4 is 0 Å². The minimum atomic E-state index is -0.882. The maximum Gasteiger partial charge on any atom is 0.307 e. The zero-order valence-corrected chi connectivity index (χ0v) is 7.71. The Balaban J connectivity index is 2.89. The normalized spacial score (nSPS) is 9.75. The largest absolute Gasteiger partial charge is 0.507 e. The fourth-order valence-electron chi connectivity index (χ4n) is 0.835. The van der Waals surface area contributed by atoms with Crippen LogP contribution in [0.2, 0.25) is 0 Å². The molecule has 0 aliphatic heterocycles. The van der Waals surface area contributed by atoms with E-state index in [1.54, 1.807) is 12.1 Å². The molecule has 0 amide bonds. The van der Waals surface area contributed by atoms with Crippen molar-refractivity contribution in [3.8, 4) is 5.75 Å². The summed E-state index contributed by atoms with van der Waals surface area (Å²) in [4.78, 5) is 10.3. The number of phenolic OH excluding ortho intramolecular Hbond substituents is 1. The van der Waals surface area contributed by atoms with Crippen LogP contribution in [0.1, 0.15) is 5.56 Å². The number of aliphatic carboxylic acids is 1. The SMILES string of the molecule is O=C(O)Cc1ccc(O)c(Br)c1. The number of phenols is 1. The van der Waals surface area contributed by atoms with Gasteiger partial charge in [0.05, 0.1) is 10.9 Å². The lowest BCUT2D eigenvalue weighted by molar-refractivity contribution is -0.136. The maximum atomic E-state index is 10.3. The Morgan fingerprint density at radius 1 is 1.50 bits per heavy atom. The van der Waals surface area contributed by atoms with Crippen molar-refractivity contribution in [2.45, 2.75) is 6.42 Å². The topological polar surface area (TPSA) is 57.5 Å². The van der Waals surface area contributed by atoms with Crippen LogP contribution in [-0.2, 0) is 11.2 Å². The summed E-state index contributed by atoms with van der Waals surface area (Å²) in [6, 6.07) is 4.63. The minimum Gasteiger partial charge on any atom is -0.507 e. The molecule has 2 N–H and O–H groups in total. The third kappa shape index (κ3) is 2.23. The zero-order chi connectivity index (χ0) is 9.14. The lowest BCUT2D eigenvalue weighted by Gasteiger charge is -1.99. The monoisotopic (exact) mass is 230 g/mol. The van der Waals surface area contributed by atoms with E-state index in [1.807, 2.05) is 0 Å². The molecule has 0 unspecified atom stereocenters. The molecule has 0 aliphatic carbocycles. The van der Waals surface area contributed by atoms with Gasteiger partial charge in [0.15, 0.2) is 0 Å². The van der Waals surface area contributed by atoms with E-state index >= 15 is 0 Å². The number of rotatable bonds is 2. The summed E-state index contributed by atoms with van der Waals surface area (Å²) in [5.41, 5.74) is 0.659. The molecule has 4 heteroatoms. The fourth-order valence-corrected chi connectivity index (χ4v) is 1.26. The highest BCUT2D eigenvalue weighted by Gasteiger charge is 2.02. The van der Waals surface area contributed by atoms with E-state index < -0.39 is 5.97 Å². The van der Waals surface area contributed by atoms with E-state index in [-0.39, 0.29) is 12.2 Å². The molecule has 0 saturated carbocycles. The third-order valence-corrected chi connectivity index (χ3v) is 2.00. The molecule has 64 valence electrons. The van der Waals surface area contributed by atoms with Crippen LogP contribution in [-0.4, -0.2) is 16.2 Å². The standard InChI is InChI=1S/C8H7BrO3/c9-6-3-5(4-8(11)12)1-2-7(6)10/h1-3,10H,4H2,(H,11,12). The van der Waals surface area contributed by atoms with Gasteiger partial charge in [0.2, 0.25) is 0 Å². The number of carboxylic acids is 1. The Labute approximate surface area is 77.8 Å². The molecule has 12 heavy (non-hydrogen) atoms. The van der Waals surface area contributed by atoms with Gasteiger partial charge in [-0.25, -0.2) is 0 Å². The van der Waals surface area contributed by atoms with Crippen molar-refractivity contribution in [1.82, 2.24) is 0 Å². The van der Waals surface area contributed by atoms with Crippen molar-refractivity contribution in [3.63, 3.8) is 0 Å². The number of benzene rings is 1. The summed E-state index contributed by atoms with van der Waals surface area (Å²) in [5.74, 6) is -0.767. The first kappa shape index (κ1) is 9.06. The fraction of sp³-hybridized carbons (Fsp3) is 0.125. The van der Waals surface area contributed by atoms with Crippen LogP contribution in [0.4, 0.5) is 0 Å². The first-order valence-corrected chi connectivity index (χ1v) is 4.08. The lowest BCUT2D eigenvalue weighted by atomic mass is 10.1. The van der Waals surface area contributed by atoms with Crippen LogP contribution in [0.3, 0.4) is 0 Å². The number of carboxylic acid groups (broad SMARTS) is 1. The van der Waals surface area contributed by atoms with Crippen LogP contribution in [0.25, 0.3) is 0 Å². The molecule has 0 spiro atoms. The summed E-state index contributed by atoms with van der Waals surface area (Å²) in [6.45, 7) is 0. The molecule has 0 aliphatic rings. The molecule has 0 atom stereocenters. The third-order valence-electron chi connectivity index (χ3n) is 1.37. The van der Waals surface area contributed by atoms with Gasteiger partial charge in [-0.3, -0.25) is 4.79 Å². The molecule has 0 fully saturated rings. The number of carbonyl (C=O) groups is 1. The number of halogens is 1. The molecule has 1 aromatic carbocycles. The van der Waals surface area contributed by atoms with Gasteiger partial charge in [-0.2, -0.15) is 0 Å². The number of hydrogen-bond acceptors (Lipinski definition) is 2. The van der Waals surface area contributed by atoms with Gasteiger partial charge in [-0.15, -0.1) is 0 Å². The van der Waals surface area contributed by atoms with Crippen molar-refractivity contribution in [2.75, 3.05) is 0 Å². The average molecular weight is 231 g/mol. The Bertz CT molecular complexity index is 309. The van der Waals surface area contributed by atoms with E-state index in [4.69, 9.17) is 10.2 Å². The van der Waals surface area contributed by atoms with Crippen molar-refractivity contribution in [1.29, 1.82) is 0 Å².